The number of hydrogen-bond acceptors (Lipinski definition) is 4. The Kier molecular flexibility index (Phi) is 2.36. The van der Waals surface area contributed by atoms with Gasteiger partial charge >= 0.3 is 0 Å². The lowest BCUT2D eigenvalue weighted by molar-refractivity contribution is 0.436. The third-order valence-electron chi connectivity index (χ3n) is 2.82. The molecule has 0 atom stereocenters. The monoisotopic (exact) mass is 232 g/mol. The summed E-state index contributed by atoms with van der Waals surface area (Å²) in [5.41, 5.74) is 9.24. The number of aromatic nitrogens is 1. The van der Waals surface area contributed by atoms with Crippen LogP contribution in [0, 0.1) is 0 Å². The van der Waals surface area contributed by atoms with Crippen molar-refractivity contribution in [1.29, 1.82) is 0 Å². The lowest BCUT2D eigenvalue weighted by Crippen LogP contribution is -2.00. The maximum absolute atomic E-state index is 5.77. The third-order valence-corrected chi connectivity index (χ3v) is 4.09. The molecule has 1 aliphatic rings. The molecule has 16 heavy (non-hydrogen) atoms. The van der Waals surface area contributed by atoms with Gasteiger partial charge < -0.3 is 10.3 Å². The number of nitrogen functional groups attached to an aromatic ring is 1. The standard InChI is InChI=1S/C12H12N2OS/c13-12-10(7-14-15-12)9-5-1-3-8-4-2-6-16-11(8)9/h1,3,5,7H,2,4,6,13H2. The van der Waals surface area contributed by atoms with Gasteiger partial charge in [0.05, 0.1) is 11.8 Å². The molecule has 0 unspecified atom stereocenters. The van der Waals surface area contributed by atoms with Gasteiger partial charge in [-0.25, -0.2) is 0 Å². The van der Waals surface area contributed by atoms with Crippen LogP contribution in [0.15, 0.2) is 33.8 Å². The van der Waals surface area contributed by atoms with E-state index in [-0.39, 0.29) is 0 Å². The molecule has 4 heteroatoms. The van der Waals surface area contributed by atoms with Gasteiger partial charge in [-0.3, -0.25) is 0 Å². The van der Waals surface area contributed by atoms with E-state index in [2.05, 4.69) is 23.4 Å². The van der Waals surface area contributed by atoms with E-state index in [1.807, 2.05) is 11.8 Å². The largest absolute Gasteiger partial charge is 0.367 e. The average molecular weight is 232 g/mol. The lowest BCUT2D eigenvalue weighted by atomic mass is 10.0. The Morgan fingerprint density at radius 3 is 3.06 bits per heavy atom. The van der Waals surface area contributed by atoms with Crippen LogP contribution in [0.25, 0.3) is 11.1 Å². The highest BCUT2D eigenvalue weighted by molar-refractivity contribution is 7.99. The van der Waals surface area contributed by atoms with E-state index in [0.717, 1.165) is 17.5 Å². The minimum Gasteiger partial charge on any atom is -0.367 e. The molecular weight excluding hydrogens is 220 g/mol. The molecule has 3 rings (SSSR count). The van der Waals surface area contributed by atoms with Crippen LogP contribution >= 0.6 is 11.8 Å². The summed E-state index contributed by atoms with van der Waals surface area (Å²) in [6.45, 7) is 0. The van der Waals surface area contributed by atoms with Gasteiger partial charge in [0.1, 0.15) is 0 Å². The number of nitrogens with two attached hydrogens (primary N) is 1. The molecule has 2 heterocycles. The minimum atomic E-state index is 0.402. The number of thioether (sulfide) groups is 1. The van der Waals surface area contributed by atoms with Gasteiger partial charge in [-0.05, 0) is 24.2 Å². The second kappa shape index (κ2) is 3.87. The van der Waals surface area contributed by atoms with E-state index in [1.165, 1.54) is 22.6 Å². The highest BCUT2D eigenvalue weighted by Gasteiger charge is 2.17. The third kappa shape index (κ3) is 1.50. The van der Waals surface area contributed by atoms with Crippen molar-refractivity contribution in [3.63, 3.8) is 0 Å². The molecule has 0 saturated carbocycles. The van der Waals surface area contributed by atoms with E-state index >= 15 is 0 Å². The molecule has 3 nitrogen and oxygen atoms in total. The van der Waals surface area contributed by atoms with Crippen LogP contribution in [-0.2, 0) is 6.42 Å². The molecule has 1 aromatic heterocycles. The summed E-state index contributed by atoms with van der Waals surface area (Å²) >= 11 is 1.90. The van der Waals surface area contributed by atoms with Crippen LogP contribution in [0.5, 0.6) is 0 Å². The van der Waals surface area contributed by atoms with Crippen molar-refractivity contribution in [3.05, 3.63) is 30.0 Å². The molecule has 0 bridgehead atoms. The zero-order valence-electron chi connectivity index (χ0n) is 8.77. The summed E-state index contributed by atoms with van der Waals surface area (Å²) in [4.78, 5) is 1.34. The SMILES string of the molecule is Nc1oncc1-c1cccc2c1SCCC2. The van der Waals surface area contributed by atoms with Crippen LogP contribution in [0.4, 0.5) is 5.88 Å². The summed E-state index contributed by atoms with van der Waals surface area (Å²) < 4.78 is 4.93. The predicted octanol–water partition coefficient (Wildman–Crippen LogP) is 2.96. The summed E-state index contributed by atoms with van der Waals surface area (Å²) in [5, 5.41) is 3.74. The number of anilines is 1. The van der Waals surface area contributed by atoms with Crippen LogP contribution in [0.2, 0.25) is 0 Å². The topological polar surface area (TPSA) is 52.0 Å². The van der Waals surface area contributed by atoms with Crippen molar-refractivity contribution in [1.82, 2.24) is 5.16 Å². The molecule has 0 aliphatic carbocycles. The van der Waals surface area contributed by atoms with Gasteiger partial charge in [0.25, 0.3) is 0 Å². The molecule has 0 radical (unpaired) electrons. The van der Waals surface area contributed by atoms with E-state index in [9.17, 15) is 0 Å². The first kappa shape index (κ1) is 9.78. The van der Waals surface area contributed by atoms with Crippen molar-refractivity contribution >= 4 is 17.6 Å². The Hall–Kier alpha value is -1.42. The van der Waals surface area contributed by atoms with Crippen LogP contribution in [0.3, 0.4) is 0 Å². The first-order valence-corrected chi connectivity index (χ1v) is 6.30. The van der Waals surface area contributed by atoms with Gasteiger partial charge in [-0.15, -0.1) is 11.8 Å². The molecule has 0 amide bonds. The van der Waals surface area contributed by atoms with Crippen molar-refractivity contribution in [2.75, 3.05) is 11.5 Å². The fourth-order valence-corrected chi connectivity index (χ4v) is 3.23. The Bertz CT molecular complexity index is 521. The number of nitrogens with zero attached hydrogens (tertiary/aromatic N) is 1. The van der Waals surface area contributed by atoms with Gasteiger partial charge in [0.15, 0.2) is 0 Å². The summed E-state index contributed by atoms with van der Waals surface area (Å²) in [7, 11) is 0. The van der Waals surface area contributed by atoms with Crippen LogP contribution in [0.1, 0.15) is 12.0 Å². The van der Waals surface area contributed by atoms with E-state index in [4.69, 9.17) is 10.3 Å². The maximum Gasteiger partial charge on any atom is 0.229 e. The molecule has 0 saturated heterocycles. The van der Waals surface area contributed by atoms with Gasteiger partial charge in [-0.2, -0.15) is 0 Å². The first-order valence-electron chi connectivity index (χ1n) is 5.31. The minimum absolute atomic E-state index is 0.402. The lowest BCUT2D eigenvalue weighted by Gasteiger charge is -2.17. The van der Waals surface area contributed by atoms with Crippen LogP contribution < -0.4 is 5.73 Å². The van der Waals surface area contributed by atoms with E-state index < -0.39 is 0 Å². The Balaban J connectivity index is 2.18. The summed E-state index contributed by atoms with van der Waals surface area (Å²) in [6, 6.07) is 6.35. The number of hydrogen-bond donors (Lipinski definition) is 1. The highest BCUT2D eigenvalue weighted by Crippen LogP contribution is 2.39. The molecule has 1 aromatic carbocycles. The quantitative estimate of drug-likeness (QED) is 0.821. The summed E-state index contributed by atoms with van der Waals surface area (Å²) in [5.74, 6) is 1.58. The second-order valence-corrected chi connectivity index (χ2v) is 4.95. The predicted molar refractivity (Wildman–Crippen MR) is 65.4 cm³/mol. The fourth-order valence-electron chi connectivity index (χ4n) is 2.05. The normalized spacial score (nSPS) is 14.8. The molecule has 2 aromatic rings. The Morgan fingerprint density at radius 1 is 1.31 bits per heavy atom. The zero-order chi connectivity index (χ0) is 11.0. The van der Waals surface area contributed by atoms with Crippen molar-refractivity contribution in [3.8, 4) is 11.1 Å². The molecule has 0 fully saturated rings. The molecule has 2 N–H and O–H groups in total. The zero-order valence-corrected chi connectivity index (χ0v) is 9.59. The van der Waals surface area contributed by atoms with Crippen molar-refractivity contribution in [2.45, 2.75) is 17.7 Å². The smallest absolute Gasteiger partial charge is 0.229 e. The Labute approximate surface area is 98.0 Å². The van der Waals surface area contributed by atoms with Crippen LogP contribution in [-0.4, -0.2) is 10.9 Å². The number of fused-ring (bicyclic) bond motifs is 1. The van der Waals surface area contributed by atoms with E-state index in [0.29, 0.717) is 5.88 Å². The maximum atomic E-state index is 5.77. The molecule has 1 aliphatic heterocycles. The second-order valence-electron chi connectivity index (χ2n) is 3.85. The van der Waals surface area contributed by atoms with Gasteiger partial charge in [-0.1, -0.05) is 23.4 Å². The molecular formula is C12H12N2OS. The first-order chi connectivity index (χ1) is 7.86. The van der Waals surface area contributed by atoms with Crippen molar-refractivity contribution < 1.29 is 4.52 Å². The van der Waals surface area contributed by atoms with Crippen molar-refractivity contribution in [2.24, 2.45) is 0 Å². The number of benzene rings is 1. The fraction of sp³-hybridized carbons (Fsp3) is 0.250. The van der Waals surface area contributed by atoms with Gasteiger partial charge in [0, 0.05) is 10.5 Å². The molecule has 82 valence electrons. The summed E-state index contributed by atoms with van der Waals surface area (Å²) in [6.07, 6.45) is 4.10. The average Bonchev–Trinajstić information content (AvgIpc) is 2.75. The van der Waals surface area contributed by atoms with E-state index in [1.54, 1.807) is 6.20 Å². The highest BCUT2D eigenvalue weighted by atomic mass is 32.2. The Morgan fingerprint density at radius 2 is 2.25 bits per heavy atom. The van der Waals surface area contributed by atoms with Gasteiger partial charge in [0.2, 0.25) is 5.88 Å². The number of rotatable bonds is 1. The number of aryl methyl sites for hydroxylation is 1. The molecule has 0 spiro atoms.